The molecule has 0 saturated carbocycles. The van der Waals surface area contributed by atoms with Crippen molar-refractivity contribution in [1.29, 1.82) is 0 Å². The van der Waals surface area contributed by atoms with E-state index >= 15 is 0 Å². The van der Waals surface area contributed by atoms with Gasteiger partial charge in [0.1, 0.15) is 10.5 Å². The van der Waals surface area contributed by atoms with Crippen LogP contribution in [0.4, 0.5) is 0 Å². The first-order valence-corrected chi connectivity index (χ1v) is 11.4. The fraction of sp³-hybridized carbons (Fsp3) is 0.421. The summed E-state index contributed by atoms with van der Waals surface area (Å²) in [7, 11) is -3.76. The average Bonchev–Trinajstić information content (AvgIpc) is 3.36. The fourth-order valence-electron chi connectivity index (χ4n) is 3.21. The van der Waals surface area contributed by atoms with Crippen LogP contribution in [0.2, 0.25) is 5.02 Å². The lowest BCUT2D eigenvalue weighted by atomic mass is 10.0. The Balaban J connectivity index is 2.00. The Bertz CT molecular complexity index is 1090. The van der Waals surface area contributed by atoms with Gasteiger partial charge in [-0.2, -0.15) is 5.11 Å². The number of carbonyl (C=O) groups is 3. The molecule has 160 valence electrons. The number of carbonyl (C=O) groups excluding carboxylic acids is 3. The van der Waals surface area contributed by atoms with Gasteiger partial charge in [0.2, 0.25) is 5.78 Å². The van der Waals surface area contributed by atoms with Crippen molar-refractivity contribution in [2.24, 2.45) is 10.2 Å². The second-order valence-corrected chi connectivity index (χ2v) is 9.45. The number of azo groups is 1. The largest absolute Gasteiger partial charge is 0.481 e. The number of likely N-dealkylation sites (tertiary alicyclic amines) is 1. The van der Waals surface area contributed by atoms with E-state index in [2.05, 4.69) is 10.2 Å². The number of allylic oxidation sites excluding steroid dienone is 1. The number of sulfone groups is 1. The molecule has 2 heterocycles. The zero-order valence-electron chi connectivity index (χ0n) is 16.5. The molecule has 0 N–H and O–H groups in total. The van der Waals surface area contributed by atoms with Gasteiger partial charge in [0.15, 0.2) is 22.2 Å². The lowest BCUT2D eigenvalue weighted by molar-refractivity contribution is -0.132. The monoisotopic (exact) mass is 453 g/mol. The second kappa shape index (κ2) is 8.65. The van der Waals surface area contributed by atoms with E-state index in [4.69, 9.17) is 16.3 Å². The van der Waals surface area contributed by atoms with E-state index < -0.39 is 28.1 Å². The molecule has 1 fully saturated rings. The molecule has 2 amide bonds. The van der Waals surface area contributed by atoms with Crippen molar-refractivity contribution in [3.8, 4) is 5.75 Å². The minimum atomic E-state index is -3.76. The third-order valence-electron chi connectivity index (χ3n) is 4.91. The molecular weight excluding hydrogens is 434 g/mol. The summed E-state index contributed by atoms with van der Waals surface area (Å²) in [4.78, 5) is 38.5. The van der Waals surface area contributed by atoms with Gasteiger partial charge in [-0.25, -0.2) is 8.42 Å². The fourth-order valence-corrected chi connectivity index (χ4v) is 4.60. The Morgan fingerprint density at radius 1 is 1.20 bits per heavy atom. The van der Waals surface area contributed by atoms with Gasteiger partial charge in [0.25, 0.3) is 5.91 Å². The lowest BCUT2D eigenvalue weighted by Gasteiger charge is -2.18. The molecule has 9 nitrogen and oxygen atoms in total. The van der Waals surface area contributed by atoms with Crippen LogP contribution in [-0.4, -0.2) is 56.4 Å². The van der Waals surface area contributed by atoms with Gasteiger partial charge in [-0.05, 0) is 31.9 Å². The van der Waals surface area contributed by atoms with Crippen LogP contribution in [0.5, 0.6) is 5.75 Å². The minimum Gasteiger partial charge on any atom is -0.481 e. The van der Waals surface area contributed by atoms with E-state index in [1.807, 2.05) is 0 Å². The second-order valence-electron chi connectivity index (χ2n) is 6.83. The number of rotatable bonds is 7. The number of Topliss-reactive ketones (excluding diaryl/α,β-unsaturated/α-hetero) is 1. The minimum absolute atomic E-state index is 0.134. The Morgan fingerprint density at radius 3 is 2.43 bits per heavy atom. The third-order valence-corrected chi connectivity index (χ3v) is 7.04. The quantitative estimate of drug-likeness (QED) is 0.461. The predicted octanol–water partition coefficient (Wildman–Crippen LogP) is 2.58. The molecule has 0 unspecified atom stereocenters. The maximum atomic E-state index is 12.9. The zero-order chi connectivity index (χ0) is 22.1. The molecule has 3 rings (SSSR count). The third kappa shape index (κ3) is 4.15. The Hall–Kier alpha value is -2.59. The van der Waals surface area contributed by atoms with Gasteiger partial charge in [-0.3, -0.25) is 14.4 Å². The molecule has 0 atom stereocenters. The summed E-state index contributed by atoms with van der Waals surface area (Å²) in [5.41, 5.74) is -0.245. The normalized spacial score (nSPS) is 16.5. The summed E-state index contributed by atoms with van der Waals surface area (Å²) in [6.07, 6.45) is 1.79. The maximum Gasteiger partial charge on any atom is 0.301 e. The van der Waals surface area contributed by atoms with Gasteiger partial charge in [0, 0.05) is 18.7 Å². The highest BCUT2D eigenvalue weighted by Crippen LogP contribution is 2.37. The van der Waals surface area contributed by atoms with Gasteiger partial charge in [-0.1, -0.05) is 18.5 Å². The predicted molar refractivity (Wildman–Crippen MR) is 107 cm³/mol. The topological polar surface area (TPSA) is 123 Å². The first-order valence-electron chi connectivity index (χ1n) is 9.34. The molecule has 0 spiro atoms. The SMILES string of the molecule is CCS(=O)(=O)c1ccc(C(=O)C2=C(C)N=NC2=O)c(Cl)c1OCC(=O)N1CCCC1. The molecule has 11 heteroatoms. The molecule has 0 bridgehead atoms. The van der Waals surface area contributed by atoms with Gasteiger partial charge >= 0.3 is 5.91 Å². The number of hydrogen-bond acceptors (Lipinski definition) is 7. The summed E-state index contributed by atoms with van der Waals surface area (Å²) < 4.78 is 30.5. The average molecular weight is 454 g/mol. The molecule has 1 saturated heterocycles. The first kappa shape index (κ1) is 22.1. The van der Waals surface area contributed by atoms with Crippen LogP contribution < -0.4 is 4.74 Å². The zero-order valence-corrected chi connectivity index (χ0v) is 18.0. The Morgan fingerprint density at radius 2 is 1.87 bits per heavy atom. The van der Waals surface area contributed by atoms with Crippen LogP contribution in [-0.2, 0) is 19.4 Å². The van der Waals surface area contributed by atoms with Gasteiger partial charge in [-0.15, -0.1) is 5.11 Å². The first-order chi connectivity index (χ1) is 14.2. The van der Waals surface area contributed by atoms with Crippen molar-refractivity contribution in [3.05, 3.63) is 34.0 Å². The van der Waals surface area contributed by atoms with Crippen molar-refractivity contribution in [1.82, 2.24) is 4.90 Å². The van der Waals surface area contributed by atoms with Crippen molar-refractivity contribution in [3.63, 3.8) is 0 Å². The number of hydrogen-bond donors (Lipinski definition) is 0. The number of nitrogens with zero attached hydrogens (tertiary/aromatic N) is 3. The summed E-state index contributed by atoms with van der Waals surface area (Å²) in [5.74, 6) is -2.36. The standard InChI is InChI=1S/C19H20ClN3O6S/c1-3-30(27,28)13-7-6-12(17(25)15-11(2)21-22-19(15)26)16(20)18(13)29-10-14(24)23-8-4-5-9-23/h6-7H,3-5,8-10H2,1-2H3. The van der Waals surface area contributed by atoms with E-state index in [0.717, 1.165) is 12.8 Å². The highest BCUT2D eigenvalue weighted by atomic mass is 35.5. The molecule has 1 aromatic carbocycles. The van der Waals surface area contributed by atoms with Crippen molar-refractivity contribution >= 4 is 39.0 Å². The highest BCUT2D eigenvalue weighted by Gasteiger charge is 2.31. The highest BCUT2D eigenvalue weighted by molar-refractivity contribution is 7.91. The summed E-state index contributed by atoms with van der Waals surface area (Å²) in [6, 6.07) is 2.41. The van der Waals surface area contributed by atoms with Crippen molar-refractivity contribution in [2.45, 2.75) is 31.6 Å². The molecule has 2 aliphatic heterocycles. The molecule has 0 radical (unpaired) electrons. The van der Waals surface area contributed by atoms with Crippen LogP contribution in [0.15, 0.2) is 38.5 Å². The van der Waals surface area contributed by atoms with Crippen LogP contribution in [0.1, 0.15) is 37.0 Å². The molecule has 0 aliphatic carbocycles. The number of ether oxygens (including phenoxy) is 1. The van der Waals surface area contributed by atoms with Gasteiger partial charge in [0.05, 0.1) is 16.5 Å². The van der Waals surface area contributed by atoms with E-state index in [0.29, 0.717) is 13.1 Å². The molecule has 2 aliphatic rings. The molecule has 0 aromatic heterocycles. The van der Waals surface area contributed by atoms with Crippen LogP contribution in [0.3, 0.4) is 0 Å². The Kier molecular flexibility index (Phi) is 6.37. The smallest absolute Gasteiger partial charge is 0.301 e. The summed E-state index contributed by atoms with van der Waals surface area (Å²) in [5, 5.41) is 6.64. The Labute approximate surface area is 178 Å². The maximum absolute atomic E-state index is 12.9. The van der Waals surface area contributed by atoms with E-state index in [1.54, 1.807) is 4.90 Å². The number of benzene rings is 1. The molecule has 1 aromatic rings. The lowest BCUT2D eigenvalue weighted by Crippen LogP contribution is -2.32. The van der Waals surface area contributed by atoms with E-state index in [-0.39, 0.29) is 44.2 Å². The van der Waals surface area contributed by atoms with E-state index in [9.17, 15) is 22.8 Å². The number of halogens is 1. The van der Waals surface area contributed by atoms with Crippen LogP contribution >= 0.6 is 11.6 Å². The van der Waals surface area contributed by atoms with Gasteiger partial charge < -0.3 is 9.64 Å². The molecule has 30 heavy (non-hydrogen) atoms. The van der Waals surface area contributed by atoms with Crippen molar-refractivity contribution < 1.29 is 27.5 Å². The summed E-state index contributed by atoms with van der Waals surface area (Å²) >= 11 is 6.36. The summed E-state index contributed by atoms with van der Waals surface area (Å²) in [6.45, 7) is 3.70. The van der Waals surface area contributed by atoms with Crippen LogP contribution in [0, 0.1) is 0 Å². The van der Waals surface area contributed by atoms with Crippen LogP contribution in [0.25, 0.3) is 0 Å². The number of amides is 2. The molecular formula is C19H20ClN3O6S. The number of ketones is 1. The van der Waals surface area contributed by atoms with Crippen molar-refractivity contribution in [2.75, 3.05) is 25.4 Å². The van der Waals surface area contributed by atoms with E-state index in [1.165, 1.54) is 26.0 Å².